The molecule has 1 N–H and O–H groups in total. The van der Waals surface area contributed by atoms with E-state index in [1.54, 1.807) is 0 Å². The Kier molecular flexibility index (Phi) is 2.84. The molecule has 2 nitrogen and oxygen atoms in total. The second-order valence-corrected chi connectivity index (χ2v) is 8.39. The van der Waals surface area contributed by atoms with E-state index in [1.807, 2.05) is 19.6 Å². The van der Waals surface area contributed by atoms with E-state index in [2.05, 4.69) is 0 Å². The van der Waals surface area contributed by atoms with Crippen molar-refractivity contribution in [1.82, 2.24) is 0 Å². The molecule has 0 rings (SSSR count). The Morgan fingerprint density at radius 2 is 1.80 bits per heavy atom. The van der Waals surface area contributed by atoms with Crippen LogP contribution in [0.4, 0.5) is 0 Å². The molecule has 0 saturated heterocycles. The van der Waals surface area contributed by atoms with E-state index in [0.717, 1.165) is 0 Å². The van der Waals surface area contributed by atoms with Crippen molar-refractivity contribution >= 4 is 13.5 Å². The second-order valence-electron chi connectivity index (χ2n) is 3.40. The molecule has 3 heteroatoms. The van der Waals surface area contributed by atoms with Gasteiger partial charge < -0.3 is 9.90 Å². The largest absolute Gasteiger partial charge is 0.513 e. The fourth-order valence-electron chi connectivity index (χ4n) is 0.406. The summed E-state index contributed by atoms with van der Waals surface area (Å²) in [5, 5.41) is 8.84. The molecule has 0 fully saturated rings. The molecule has 0 spiro atoms. The third kappa shape index (κ3) is 3.45. The molecule has 0 aromatic carbocycles. The van der Waals surface area contributed by atoms with Crippen LogP contribution in [-0.4, -0.2) is 18.6 Å². The van der Waals surface area contributed by atoms with Crippen LogP contribution >= 0.6 is 0 Å². The number of carbonyl (C=O) groups excluding carboxylic acids is 1. The summed E-state index contributed by atoms with van der Waals surface area (Å²) >= 11 is 0. The molecule has 58 valence electrons. The molecule has 0 unspecified atom stereocenters. The topological polar surface area (TPSA) is 37.3 Å². The second kappa shape index (κ2) is 3.01. The smallest absolute Gasteiger partial charge is 0.136 e. The van der Waals surface area contributed by atoms with Crippen LogP contribution in [0.2, 0.25) is 19.6 Å². The zero-order valence-corrected chi connectivity index (χ0v) is 7.93. The average Bonchev–Trinajstić information content (AvgIpc) is 1.60. The predicted octanol–water partition coefficient (Wildman–Crippen LogP) is 1.89. The zero-order chi connectivity index (χ0) is 8.36. The van der Waals surface area contributed by atoms with Crippen molar-refractivity contribution in [2.24, 2.45) is 0 Å². The molecule has 0 aromatic heterocycles. The fourth-order valence-corrected chi connectivity index (χ4v) is 1.05. The summed E-state index contributed by atoms with van der Waals surface area (Å²) in [7, 11) is -1.70. The van der Waals surface area contributed by atoms with E-state index in [-0.39, 0.29) is 11.2 Å². The molecular weight excluding hydrogens is 144 g/mol. The van der Waals surface area contributed by atoms with Gasteiger partial charge in [-0.2, -0.15) is 0 Å². The molecule has 0 radical (unpaired) electrons. The summed E-state index contributed by atoms with van der Waals surface area (Å²) in [4.78, 5) is 11.1. The van der Waals surface area contributed by atoms with E-state index in [4.69, 9.17) is 5.11 Å². The van der Waals surface area contributed by atoms with Crippen LogP contribution in [0.3, 0.4) is 0 Å². The van der Waals surface area contributed by atoms with Crippen LogP contribution in [0.15, 0.2) is 11.8 Å². The monoisotopic (exact) mass is 158 g/mol. The Labute approximate surface area is 62.6 Å². The summed E-state index contributed by atoms with van der Waals surface area (Å²) in [6.45, 7) is 7.37. The van der Waals surface area contributed by atoms with Crippen molar-refractivity contribution in [3.05, 3.63) is 11.8 Å². The number of hydrogen-bond donors (Lipinski definition) is 1. The van der Waals surface area contributed by atoms with E-state index >= 15 is 0 Å². The number of aliphatic hydroxyl groups excluding tert-OH is 1. The first kappa shape index (κ1) is 9.43. The van der Waals surface area contributed by atoms with Gasteiger partial charge in [0.05, 0.1) is 5.76 Å². The third-order valence-electron chi connectivity index (χ3n) is 1.08. The Hall–Kier alpha value is -0.573. The van der Waals surface area contributed by atoms with Crippen molar-refractivity contribution in [1.29, 1.82) is 0 Å². The molecule has 0 aliphatic carbocycles. The predicted molar refractivity (Wildman–Crippen MR) is 44.7 cm³/mol. The first-order valence-electron chi connectivity index (χ1n) is 3.26. The highest BCUT2D eigenvalue weighted by molar-refractivity contribution is 7.04. The van der Waals surface area contributed by atoms with Gasteiger partial charge in [0.2, 0.25) is 0 Å². The highest BCUT2D eigenvalue weighted by Crippen LogP contribution is 2.03. The Balaban J connectivity index is 4.27. The number of carbonyl (C=O) groups is 1. The van der Waals surface area contributed by atoms with Crippen LogP contribution in [0.25, 0.3) is 0 Å². The standard InChI is InChI=1S/C7H14O2Si/c1-6(8)5-7(9)10(2,3)4/h5,8H,1-4H3/b6-5-. The lowest BCUT2D eigenvalue weighted by Crippen LogP contribution is -2.31. The SMILES string of the molecule is C/C(O)=C/C(=O)[Si](C)(C)C. The van der Waals surface area contributed by atoms with Gasteiger partial charge >= 0.3 is 0 Å². The molecule has 0 aliphatic rings. The van der Waals surface area contributed by atoms with Gasteiger partial charge in [0.25, 0.3) is 0 Å². The van der Waals surface area contributed by atoms with Crippen molar-refractivity contribution in [3.63, 3.8) is 0 Å². The molecular formula is C7H14O2Si. The molecule has 0 bridgehead atoms. The van der Waals surface area contributed by atoms with Gasteiger partial charge in [0, 0.05) is 6.08 Å². The van der Waals surface area contributed by atoms with Gasteiger partial charge in [-0.25, -0.2) is 0 Å². The molecule has 10 heavy (non-hydrogen) atoms. The van der Waals surface area contributed by atoms with Crippen LogP contribution < -0.4 is 0 Å². The molecule has 0 heterocycles. The van der Waals surface area contributed by atoms with Gasteiger partial charge in [0.1, 0.15) is 13.5 Å². The van der Waals surface area contributed by atoms with Crippen molar-refractivity contribution in [2.45, 2.75) is 26.6 Å². The lowest BCUT2D eigenvalue weighted by atomic mass is 10.5. The maximum atomic E-state index is 11.1. The molecule has 0 saturated carbocycles. The van der Waals surface area contributed by atoms with Crippen molar-refractivity contribution < 1.29 is 9.90 Å². The van der Waals surface area contributed by atoms with E-state index in [0.29, 0.717) is 0 Å². The van der Waals surface area contributed by atoms with Crippen LogP contribution in [0.1, 0.15) is 6.92 Å². The van der Waals surface area contributed by atoms with Crippen molar-refractivity contribution in [2.75, 3.05) is 0 Å². The number of allylic oxidation sites excluding steroid dienone is 2. The number of aliphatic hydroxyl groups is 1. The Bertz CT molecular complexity index is 161. The normalized spacial score (nSPS) is 13.4. The summed E-state index contributed by atoms with van der Waals surface area (Å²) in [6.07, 6.45) is 1.31. The van der Waals surface area contributed by atoms with E-state index in [1.165, 1.54) is 13.0 Å². The lowest BCUT2D eigenvalue weighted by molar-refractivity contribution is -0.108. The van der Waals surface area contributed by atoms with E-state index in [9.17, 15) is 4.79 Å². The Morgan fingerprint density at radius 3 is 1.90 bits per heavy atom. The number of rotatable bonds is 2. The highest BCUT2D eigenvalue weighted by Gasteiger charge is 2.21. The number of hydrogen-bond acceptors (Lipinski definition) is 2. The Morgan fingerprint density at radius 1 is 1.40 bits per heavy atom. The highest BCUT2D eigenvalue weighted by atomic mass is 28.3. The molecule has 0 aromatic rings. The van der Waals surface area contributed by atoms with Gasteiger partial charge in [0.15, 0.2) is 0 Å². The zero-order valence-electron chi connectivity index (χ0n) is 6.93. The molecule has 0 aliphatic heterocycles. The van der Waals surface area contributed by atoms with Crippen LogP contribution in [0, 0.1) is 0 Å². The van der Waals surface area contributed by atoms with Gasteiger partial charge in [-0.05, 0) is 6.92 Å². The van der Waals surface area contributed by atoms with Gasteiger partial charge in [-0.1, -0.05) is 19.6 Å². The fraction of sp³-hybridized carbons (Fsp3) is 0.571. The van der Waals surface area contributed by atoms with Crippen LogP contribution in [0.5, 0.6) is 0 Å². The van der Waals surface area contributed by atoms with Crippen molar-refractivity contribution in [3.8, 4) is 0 Å². The first-order valence-corrected chi connectivity index (χ1v) is 6.76. The van der Waals surface area contributed by atoms with Gasteiger partial charge in [-0.15, -0.1) is 0 Å². The maximum absolute atomic E-state index is 11.1. The summed E-state index contributed by atoms with van der Waals surface area (Å²) in [5.74, 6) is 0.104. The average molecular weight is 158 g/mol. The minimum atomic E-state index is -1.70. The minimum absolute atomic E-state index is 0.0903. The molecule has 0 amide bonds. The summed E-state index contributed by atoms with van der Waals surface area (Å²) < 4.78 is 0. The quantitative estimate of drug-likeness (QED) is 0.378. The third-order valence-corrected chi connectivity index (χ3v) is 2.70. The summed E-state index contributed by atoms with van der Waals surface area (Å²) in [6, 6.07) is 0. The maximum Gasteiger partial charge on any atom is 0.136 e. The van der Waals surface area contributed by atoms with Crippen LogP contribution in [-0.2, 0) is 4.79 Å². The minimum Gasteiger partial charge on any atom is -0.513 e. The summed E-state index contributed by atoms with van der Waals surface area (Å²) in [5.41, 5.74) is 0. The molecule has 0 atom stereocenters. The first-order chi connectivity index (χ1) is 4.34. The lowest BCUT2D eigenvalue weighted by Gasteiger charge is -2.09. The van der Waals surface area contributed by atoms with Gasteiger partial charge in [-0.3, -0.25) is 0 Å². The van der Waals surface area contributed by atoms with E-state index < -0.39 is 8.07 Å².